The Labute approximate surface area is 109 Å². The molecule has 0 aromatic carbocycles. The molecule has 1 N–H and O–H groups in total. The van der Waals surface area contributed by atoms with Crippen molar-refractivity contribution in [1.82, 2.24) is 9.29 Å². The van der Waals surface area contributed by atoms with E-state index in [9.17, 15) is 8.42 Å². The predicted octanol–water partition coefficient (Wildman–Crippen LogP) is 1.79. The number of hydrogen-bond acceptors (Lipinski definition) is 4. The summed E-state index contributed by atoms with van der Waals surface area (Å²) in [5, 5.41) is 2.80. The van der Waals surface area contributed by atoms with Crippen LogP contribution in [0, 0.1) is 5.41 Å². The van der Waals surface area contributed by atoms with E-state index in [-0.39, 0.29) is 10.3 Å². The Morgan fingerprint density at radius 2 is 2.00 bits per heavy atom. The summed E-state index contributed by atoms with van der Waals surface area (Å²) in [4.78, 5) is 4.23. The first-order valence-corrected chi connectivity index (χ1v) is 7.21. The molecule has 0 fully saturated rings. The van der Waals surface area contributed by atoms with Crippen LogP contribution in [0.3, 0.4) is 0 Å². The first-order chi connectivity index (χ1) is 8.18. The van der Waals surface area contributed by atoms with E-state index in [2.05, 4.69) is 10.3 Å². The molecule has 0 amide bonds. The first kappa shape index (κ1) is 14.9. The Kier molecular flexibility index (Phi) is 4.34. The van der Waals surface area contributed by atoms with Crippen molar-refractivity contribution in [1.29, 1.82) is 0 Å². The monoisotopic (exact) mass is 271 g/mol. The summed E-state index contributed by atoms with van der Waals surface area (Å²) in [6, 6.07) is 3.19. The Hall–Kier alpha value is -1.14. The van der Waals surface area contributed by atoms with Crippen LogP contribution in [0.25, 0.3) is 0 Å². The van der Waals surface area contributed by atoms with Crippen molar-refractivity contribution in [3.8, 4) is 0 Å². The van der Waals surface area contributed by atoms with E-state index in [1.165, 1.54) is 4.31 Å². The van der Waals surface area contributed by atoms with E-state index >= 15 is 0 Å². The minimum Gasteiger partial charge on any atom is -0.372 e. The fourth-order valence-electron chi connectivity index (χ4n) is 1.71. The molecule has 0 saturated carbocycles. The molecule has 0 saturated heterocycles. The minimum atomic E-state index is -3.51. The zero-order valence-electron chi connectivity index (χ0n) is 11.6. The van der Waals surface area contributed by atoms with Crippen molar-refractivity contribution in [3.05, 3.63) is 18.3 Å². The highest BCUT2D eigenvalue weighted by Crippen LogP contribution is 2.24. The lowest BCUT2D eigenvalue weighted by Gasteiger charge is -2.26. The lowest BCUT2D eigenvalue weighted by molar-refractivity contribution is 0.311. The van der Waals surface area contributed by atoms with Crippen LogP contribution in [0.1, 0.15) is 20.8 Å². The third-order valence-corrected chi connectivity index (χ3v) is 4.23. The zero-order valence-corrected chi connectivity index (χ0v) is 12.4. The van der Waals surface area contributed by atoms with Gasteiger partial charge >= 0.3 is 0 Å². The zero-order chi connectivity index (χ0) is 14.0. The van der Waals surface area contributed by atoms with E-state index in [0.717, 1.165) is 0 Å². The third kappa shape index (κ3) is 3.43. The van der Waals surface area contributed by atoms with Crippen LogP contribution >= 0.6 is 0 Å². The van der Waals surface area contributed by atoms with Crippen molar-refractivity contribution >= 4 is 15.8 Å². The van der Waals surface area contributed by atoms with Crippen LogP contribution in [-0.4, -0.2) is 38.3 Å². The molecule has 102 valence electrons. The van der Waals surface area contributed by atoms with E-state index in [1.54, 1.807) is 32.4 Å². The summed E-state index contributed by atoms with van der Waals surface area (Å²) in [5.74, 6) is 0.373. The van der Waals surface area contributed by atoms with Crippen LogP contribution in [0.2, 0.25) is 0 Å². The molecule has 0 bridgehead atoms. The van der Waals surface area contributed by atoms with Gasteiger partial charge in [-0.3, -0.25) is 0 Å². The van der Waals surface area contributed by atoms with Crippen molar-refractivity contribution in [3.63, 3.8) is 0 Å². The van der Waals surface area contributed by atoms with Gasteiger partial charge in [0.25, 0.3) is 0 Å². The molecule has 0 radical (unpaired) electrons. The Morgan fingerprint density at radius 1 is 1.39 bits per heavy atom. The lowest BCUT2D eigenvalue weighted by atomic mass is 9.97. The molecular formula is C12H21N3O2S. The molecule has 5 nitrogen and oxygen atoms in total. The smallest absolute Gasteiger partial charge is 0.246 e. The largest absolute Gasteiger partial charge is 0.372 e. The van der Waals surface area contributed by atoms with E-state index < -0.39 is 10.0 Å². The SMILES string of the molecule is CNc1ncccc1S(=O)(=O)N(C)CC(C)(C)C. The van der Waals surface area contributed by atoms with Crippen LogP contribution in [-0.2, 0) is 10.0 Å². The maximum Gasteiger partial charge on any atom is 0.246 e. The van der Waals surface area contributed by atoms with Crippen LogP contribution in [0.5, 0.6) is 0 Å². The number of pyridine rings is 1. The quantitative estimate of drug-likeness (QED) is 0.907. The highest BCUT2D eigenvalue weighted by Gasteiger charge is 2.27. The molecule has 1 heterocycles. The molecule has 0 unspecified atom stereocenters. The highest BCUT2D eigenvalue weighted by molar-refractivity contribution is 7.89. The van der Waals surface area contributed by atoms with E-state index in [4.69, 9.17) is 0 Å². The molecule has 6 heteroatoms. The average molecular weight is 271 g/mol. The minimum absolute atomic E-state index is 0.0934. The molecule has 0 aliphatic rings. The van der Waals surface area contributed by atoms with Crippen molar-refractivity contribution in [2.75, 3.05) is 26.0 Å². The molecule has 1 rings (SSSR count). The second-order valence-corrected chi connectivity index (χ2v) is 7.44. The van der Waals surface area contributed by atoms with Crippen molar-refractivity contribution in [2.45, 2.75) is 25.7 Å². The number of rotatable bonds is 4. The van der Waals surface area contributed by atoms with Gasteiger partial charge in [-0.15, -0.1) is 0 Å². The first-order valence-electron chi connectivity index (χ1n) is 5.77. The average Bonchev–Trinajstić information content (AvgIpc) is 2.26. The standard InChI is InChI=1S/C12H21N3O2S/c1-12(2,3)9-15(5)18(16,17)10-7-6-8-14-11(10)13-4/h6-8H,9H2,1-5H3,(H,13,14). The van der Waals surface area contributed by atoms with Crippen molar-refractivity contribution in [2.24, 2.45) is 5.41 Å². The second kappa shape index (κ2) is 5.24. The number of nitrogens with zero attached hydrogens (tertiary/aromatic N) is 2. The third-order valence-electron chi connectivity index (χ3n) is 2.39. The number of hydrogen-bond donors (Lipinski definition) is 1. The van der Waals surface area contributed by atoms with Crippen molar-refractivity contribution < 1.29 is 8.42 Å². The van der Waals surface area contributed by atoms with Crippen LogP contribution < -0.4 is 5.32 Å². The summed E-state index contributed by atoms with van der Waals surface area (Å²) in [6.45, 7) is 6.46. The van der Waals surface area contributed by atoms with Gasteiger partial charge in [0.05, 0.1) is 0 Å². The molecule has 0 spiro atoms. The summed E-state index contributed by atoms with van der Waals surface area (Å²) in [7, 11) is -0.258. The van der Waals surface area contributed by atoms with Gasteiger partial charge in [0.2, 0.25) is 10.0 Å². The van der Waals surface area contributed by atoms with E-state index in [1.807, 2.05) is 20.8 Å². The lowest BCUT2D eigenvalue weighted by Crippen LogP contribution is -2.34. The molecule has 0 atom stereocenters. The maximum atomic E-state index is 12.4. The maximum absolute atomic E-state index is 12.4. The Morgan fingerprint density at radius 3 is 2.50 bits per heavy atom. The van der Waals surface area contributed by atoms with Gasteiger partial charge in [-0.1, -0.05) is 20.8 Å². The number of anilines is 1. The van der Waals surface area contributed by atoms with Gasteiger partial charge in [-0.05, 0) is 17.5 Å². The Bertz CT molecular complexity index is 506. The fourth-order valence-corrected chi connectivity index (χ4v) is 3.25. The van der Waals surface area contributed by atoms with Crippen LogP contribution in [0.15, 0.2) is 23.2 Å². The summed E-state index contributed by atoms with van der Waals surface area (Å²) < 4.78 is 26.2. The summed E-state index contributed by atoms with van der Waals surface area (Å²) >= 11 is 0. The molecule has 1 aromatic heterocycles. The normalized spacial score (nSPS) is 12.8. The predicted molar refractivity (Wildman–Crippen MR) is 73.1 cm³/mol. The van der Waals surface area contributed by atoms with Gasteiger partial charge in [0, 0.05) is 26.8 Å². The number of aromatic nitrogens is 1. The van der Waals surface area contributed by atoms with Gasteiger partial charge in [0.1, 0.15) is 10.7 Å². The summed E-state index contributed by atoms with van der Waals surface area (Å²) in [6.07, 6.45) is 1.56. The molecule has 0 aliphatic carbocycles. The second-order valence-electron chi connectivity index (χ2n) is 5.42. The molecule has 1 aromatic rings. The van der Waals surface area contributed by atoms with Gasteiger partial charge in [-0.25, -0.2) is 17.7 Å². The van der Waals surface area contributed by atoms with Gasteiger partial charge in [-0.2, -0.15) is 0 Å². The summed E-state index contributed by atoms with van der Waals surface area (Å²) in [5.41, 5.74) is -0.0934. The molecule has 0 aliphatic heterocycles. The molecule has 18 heavy (non-hydrogen) atoms. The fraction of sp³-hybridized carbons (Fsp3) is 0.583. The number of sulfonamides is 1. The topological polar surface area (TPSA) is 62.3 Å². The molecular weight excluding hydrogens is 250 g/mol. The van der Waals surface area contributed by atoms with Gasteiger partial charge < -0.3 is 5.32 Å². The van der Waals surface area contributed by atoms with E-state index in [0.29, 0.717) is 12.4 Å². The number of nitrogens with one attached hydrogen (secondary N) is 1. The highest BCUT2D eigenvalue weighted by atomic mass is 32.2. The Balaban J connectivity index is 3.14. The van der Waals surface area contributed by atoms with Crippen LogP contribution in [0.4, 0.5) is 5.82 Å². The van der Waals surface area contributed by atoms with Gasteiger partial charge in [0.15, 0.2) is 0 Å².